The summed E-state index contributed by atoms with van der Waals surface area (Å²) in [6.45, 7) is 4.11. The molecule has 3 heterocycles. The topological polar surface area (TPSA) is 98.2 Å². The van der Waals surface area contributed by atoms with E-state index in [1.807, 2.05) is 35.0 Å². The molecule has 0 amide bonds. The number of aryl methyl sites for hydroxylation is 1. The van der Waals surface area contributed by atoms with Crippen molar-refractivity contribution in [2.45, 2.75) is 70.2 Å². The molecule has 9 heteroatoms. The van der Waals surface area contributed by atoms with Crippen LogP contribution in [0, 0.1) is 6.92 Å². The van der Waals surface area contributed by atoms with Crippen LogP contribution in [0.1, 0.15) is 73.1 Å². The van der Waals surface area contributed by atoms with E-state index >= 15 is 0 Å². The Morgan fingerprint density at radius 3 is 2.67 bits per heavy atom. The number of tetrazole rings is 1. The highest BCUT2D eigenvalue weighted by Crippen LogP contribution is 2.35. The SMILES string of the molecule is COc1ccc(CN(C[C@@H]2CCCO2)[C@@H](c2cc3cc(C)ccc3[nH]c2=O)c2nnnn2C2CCCC2)cc1. The van der Waals surface area contributed by atoms with E-state index < -0.39 is 6.04 Å². The molecule has 4 aromatic rings. The molecular formula is C30H36N6O3. The largest absolute Gasteiger partial charge is 0.497 e. The summed E-state index contributed by atoms with van der Waals surface area (Å²) in [7, 11) is 1.67. The lowest BCUT2D eigenvalue weighted by Gasteiger charge is -2.33. The highest BCUT2D eigenvalue weighted by atomic mass is 16.5. The van der Waals surface area contributed by atoms with Crippen LogP contribution >= 0.6 is 0 Å². The van der Waals surface area contributed by atoms with Crippen molar-refractivity contribution in [2.75, 3.05) is 20.3 Å². The Morgan fingerprint density at radius 1 is 1.10 bits per heavy atom. The van der Waals surface area contributed by atoms with Crippen molar-refractivity contribution >= 4 is 10.9 Å². The second-order valence-electron chi connectivity index (χ2n) is 10.9. The van der Waals surface area contributed by atoms with E-state index in [2.05, 4.69) is 50.5 Å². The predicted molar refractivity (Wildman–Crippen MR) is 149 cm³/mol. The average molecular weight is 529 g/mol. The second-order valence-corrected chi connectivity index (χ2v) is 10.9. The van der Waals surface area contributed by atoms with Gasteiger partial charge in [-0.05, 0) is 84.3 Å². The van der Waals surface area contributed by atoms with Crippen molar-refractivity contribution in [1.29, 1.82) is 0 Å². The van der Waals surface area contributed by atoms with E-state index in [0.717, 1.165) is 72.9 Å². The van der Waals surface area contributed by atoms with Gasteiger partial charge in [-0.25, -0.2) is 4.68 Å². The maximum atomic E-state index is 13.8. The fourth-order valence-corrected chi connectivity index (χ4v) is 6.11. The number of nitrogens with one attached hydrogen (secondary N) is 1. The Hall–Kier alpha value is -3.56. The molecule has 1 saturated heterocycles. The number of pyridine rings is 1. The number of benzene rings is 2. The minimum Gasteiger partial charge on any atom is -0.497 e. The summed E-state index contributed by atoms with van der Waals surface area (Å²) < 4.78 is 13.5. The van der Waals surface area contributed by atoms with E-state index in [4.69, 9.17) is 9.47 Å². The van der Waals surface area contributed by atoms with Gasteiger partial charge in [0.1, 0.15) is 11.8 Å². The van der Waals surface area contributed by atoms with Crippen LogP contribution in [0.25, 0.3) is 10.9 Å². The molecule has 6 rings (SSSR count). The van der Waals surface area contributed by atoms with Crippen LogP contribution in [0.2, 0.25) is 0 Å². The van der Waals surface area contributed by atoms with Crippen molar-refractivity contribution in [3.05, 3.63) is 81.4 Å². The summed E-state index contributed by atoms with van der Waals surface area (Å²) in [4.78, 5) is 19.2. The maximum Gasteiger partial charge on any atom is 0.253 e. The zero-order valence-electron chi connectivity index (χ0n) is 22.7. The van der Waals surface area contributed by atoms with Crippen LogP contribution in [0.3, 0.4) is 0 Å². The van der Waals surface area contributed by atoms with Gasteiger partial charge in [-0.3, -0.25) is 9.69 Å². The monoisotopic (exact) mass is 528 g/mol. The molecule has 39 heavy (non-hydrogen) atoms. The van der Waals surface area contributed by atoms with Gasteiger partial charge in [0.15, 0.2) is 5.82 Å². The average Bonchev–Trinajstić information content (AvgIpc) is 3.73. The molecule has 2 fully saturated rings. The van der Waals surface area contributed by atoms with Crippen molar-refractivity contribution in [2.24, 2.45) is 0 Å². The number of methoxy groups -OCH3 is 1. The smallest absolute Gasteiger partial charge is 0.253 e. The van der Waals surface area contributed by atoms with E-state index in [1.165, 1.54) is 0 Å². The third-order valence-electron chi connectivity index (χ3n) is 8.13. The van der Waals surface area contributed by atoms with Gasteiger partial charge in [-0.2, -0.15) is 0 Å². The normalized spacial score (nSPS) is 18.8. The van der Waals surface area contributed by atoms with Crippen molar-refractivity contribution in [1.82, 2.24) is 30.1 Å². The van der Waals surface area contributed by atoms with Crippen LogP contribution in [0.15, 0.2) is 53.3 Å². The van der Waals surface area contributed by atoms with Gasteiger partial charge >= 0.3 is 0 Å². The molecule has 1 saturated carbocycles. The van der Waals surface area contributed by atoms with Gasteiger partial charge in [0.25, 0.3) is 5.56 Å². The second kappa shape index (κ2) is 11.3. The van der Waals surface area contributed by atoms with Crippen molar-refractivity contribution in [3.8, 4) is 5.75 Å². The standard InChI is InChI=1S/C30H36N6O3/c1-20-9-14-27-22(16-20)17-26(30(37)31-27)28(29-32-33-34-36(29)23-6-3-4-7-23)35(19-25-8-5-15-39-25)18-21-10-12-24(38-2)13-11-21/h9-14,16-17,23,25,28H,3-8,15,18-19H2,1-2H3,(H,31,37)/t25-,28-/m0/s1. The number of hydrogen-bond donors (Lipinski definition) is 1. The number of ether oxygens (including phenoxy) is 2. The molecule has 1 N–H and O–H groups in total. The maximum absolute atomic E-state index is 13.8. The number of hydrogen-bond acceptors (Lipinski definition) is 7. The number of aromatic nitrogens is 5. The van der Waals surface area contributed by atoms with Crippen LogP contribution in [0.5, 0.6) is 5.75 Å². The zero-order valence-corrected chi connectivity index (χ0v) is 22.7. The molecule has 2 atom stereocenters. The Bertz CT molecular complexity index is 1470. The minimum absolute atomic E-state index is 0.0864. The highest BCUT2D eigenvalue weighted by Gasteiger charge is 2.35. The molecule has 0 spiro atoms. The fraction of sp³-hybridized carbons (Fsp3) is 0.467. The molecule has 1 aliphatic heterocycles. The van der Waals surface area contributed by atoms with Gasteiger partial charge in [0, 0.05) is 30.8 Å². The Kier molecular flexibility index (Phi) is 7.43. The van der Waals surface area contributed by atoms with E-state index in [-0.39, 0.29) is 17.7 Å². The molecule has 0 bridgehead atoms. The van der Waals surface area contributed by atoms with Gasteiger partial charge in [-0.1, -0.05) is 36.6 Å². The van der Waals surface area contributed by atoms with Crippen molar-refractivity contribution in [3.63, 3.8) is 0 Å². The summed E-state index contributed by atoms with van der Waals surface area (Å²) in [5.74, 6) is 1.53. The fourth-order valence-electron chi connectivity index (χ4n) is 6.11. The first-order chi connectivity index (χ1) is 19.1. The summed E-state index contributed by atoms with van der Waals surface area (Å²) in [6, 6.07) is 16.0. The van der Waals surface area contributed by atoms with E-state index in [9.17, 15) is 4.79 Å². The first-order valence-electron chi connectivity index (χ1n) is 14.0. The first kappa shape index (κ1) is 25.7. The lowest BCUT2D eigenvalue weighted by molar-refractivity contribution is 0.0569. The number of rotatable bonds is 9. The molecule has 2 aliphatic rings. The van der Waals surface area contributed by atoms with Gasteiger partial charge in [0.05, 0.1) is 19.3 Å². The van der Waals surface area contributed by atoms with Crippen molar-refractivity contribution < 1.29 is 9.47 Å². The summed E-state index contributed by atoms with van der Waals surface area (Å²) in [6.07, 6.45) is 6.54. The summed E-state index contributed by atoms with van der Waals surface area (Å²) in [5, 5.41) is 14.2. The Morgan fingerprint density at radius 2 is 1.92 bits per heavy atom. The Balaban J connectivity index is 1.49. The quantitative estimate of drug-likeness (QED) is 0.336. The van der Waals surface area contributed by atoms with Crippen LogP contribution in [-0.4, -0.2) is 56.5 Å². The first-order valence-corrected chi connectivity index (χ1v) is 14.0. The van der Waals surface area contributed by atoms with E-state index in [1.54, 1.807) is 7.11 Å². The van der Waals surface area contributed by atoms with Crippen LogP contribution < -0.4 is 10.3 Å². The third kappa shape index (κ3) is 5.46. The molecular weight excluding hydrogens is 492 g/mol. The van der Waals surface area contributed by atoms with Gasteiger partial charge in [0.2, 0.25) is 0 Å². The predicted octanol–water partition coefficient (Wildman–Crippen LogP) is 4.72. The minimum atomic E-state index is -0.444. The summed E-state index contributed by atoms with van der Waals surface area (Å²) in [5.41, 5.74) is 3.61. The molecule has 9 nitrogen and oxygen atoms in total. The molecule has 0 radical (unpaired) electrons. The highest BCUT2D eigenvalue weighted by molar-refractivity contribution is 5.79. The van der Waals surface area contributed by atoms with Gasteiger partial charge in [-0.15, -0.1) is 5.10 Å². The number of fused-ring (bicyclic) bond motifs is 1. The molecule has 1 aliphatic carbocycles. The lowest BCUT2D eigenvalue weighted by atomic mass is 10.0. The zero-order chi connectivity index (χ0) is 26.8. The number of H-pyrrole nitrogens is 1. The summed E-state index contributed by atoms with van der Waals surface area (Å²) >= 11 is 0. The number of aromatic amines is 1. The van der Waals surface area contributed by atoms with Gasteiger partial charge < -0.3 is 14.5 Å². The number of nitrogens with zero attached hydrogens (tertiary/aromatic N) is 5. The molecule has 0 unspecified atom stereocenters. The molecule has 2 aromatic heterocycles. The van der Waals surface area contributed by atoms with Crippen LogP contribution in [-0.2, 0) is 11.3 Å². The molecule has 204 valence electrons. The third-order valence-corrected chi connectivity index (χ3v) is 8.13. The molecule has 2 aromatic carbocycles. The van der Waals surface area contributed by atoms with Crippen LogP contribution in [0.4, 0.5) is 0 Å². The van der Waals surface area contributed by atoms with E-state index in [0.29, 0.717) is 24.5 Å². The lowest BCUT2D eigenvalue weighted by Crippen LogP contribution is -2.39. The Labute approximate surface area is 228 Å².